The molecule has 2 unspecified atom stereocenters. The number of amides is 1. The Morgan fingerprint density at radius 1 is 1.20 bits per heavy atom. The molecule has 6 nitrogen and oxygen atoms in total. The molecule has 160 valence electrons. The molecule has 0 aromatic heterocycles. The molecule has 0 N–H and O–H groups in total. The maximum Gasteiger partial charge on any atom is 0.223 e. The summed E-state index contributed by atoms with van der Waals surface area (Å²) >= 11 is 5.98. The molecule has 0 aliphatic carbocycles. The summed E-state index contributed by atoms with van der Waals surface area (Å²) in [7, 11) is 1.62. The van der Waals surface area contributed by atoms with Crippen molar-refractivity contribution in [2.75, 3.05) is 33.4 Å². The number of carbonyl (C=O) groups excluding carboxylic acids is 1. The molecule has 2 aliphatic rings. The number of carbonyl (C=O) groups is 1. The van der Waals surface area contributed by atoms with Gasteiger partial charge >= 0.3 is 0 Å². The number of likely N-dealkylation sites (tertiary alicyclic amines) is 1. The van der Waals surface area contributed by atoms with Gasteiger partial charge in [-0.15, -0.1) is 0 Å². The van der Waals surface area contributed by atoms with E-state index in [0.29, 0.717) is 48.4 Å². The van der Waals surface area contributed by atoms with Crippen molar-refractivity contribution < 1.29 is 23.7 Å². The van der Waals surface area contributed by atoms with E-state index < -0.39 is 0 Å². The molecule has 0 bridgehead atoms. The van der Waals surface area contributed by atoms with Crippen molar-refractivity contribution in [2.24, 2.45) is 0 Å². The lowest BCUT2D eigenvalue weighted by molar-refractivity contribution is -0.128. The summed E-state index contributed by atoms with van der Waals surface area (Å²) in [5.74, 6) is 2.28. The summed E-state index contributed by atoms with van der Waals surface area (Å²) in [6.07, 6.45) is 2.11. The maximum atomic E-state index is 12.5. The largest absolute Gasteiger partial charge is 0.493 e. The molecule has 30 heavy (non-hydrogen) atoms. The minimum atomic E-state index is -0.237. The van der Waals surface area contributed by atoms with Gasteiger partial charge in [0.15, 0.2) is 17.8 Å². The Labute approximate surface area is 181 Å². The van der Waals surface area contributed by atoms with E-state index in [4.69, 9.17) is 30.5 Å². The fourth-order valence-electron chi connectivity index (χ4n) is 3.86. The summed E-state index contributed by atoms with van der Waals surface area (Å²) in [5.41, 5.74) is 1.07. The minimum Gasteiger partial charge on any atom is -0.493 e. The highest BCUT2D eigenvalue weighted by atomic mass is 35.5. The SMILES string of the molecule is COc1ccc(C2CC(=O)N(CCOc3cccc(Cl)c3)C2)cc1OC1CCCO1. The van der Waals surface area contributed by atoms with E-state index in [1.807, 2.05) is 35.2 Å². The molecule has 2 atom stereocenters. The molecule has 2 fully saturated rings. The number of hydrogen-bond donors (Lipinski definition) is 0. The van der Waals surface area contributed by atoms with Crippen LogP contribution in [0.1, 0.15) is 30.7 Å². The van der Waals surface area contributed by atoms with Gasteiger partial charge in [-0.2, -0.15) is 0 Å². The average molecular weight is 432 g/mol. The smallest absolute Gasteiger partial charge is 0.223 e. The number of methoxy groups -OCH3 is 1. The van der Waals surface area contributed by atoms with Crippen LogP contribution in [0.2, 0.25) is 5.02 Å². The van der Waals surface area contributed by atoms with Gasteiger partial charge in [0.2, 0.25) is 5.91 Å². The Balaban J connectivity index is 1.36. The van der Waals surface area contributed by atoms with Crippen LogP contribution in [0.5, 0.6) is 17.2 Å². The number of rotatable bonds is 8. The lowest BCUT2D eigenvalue weighted by Gasteiger charge is -2.19. The predicted molar refractivity (Wildman–Crippen MR) is 113 cm³/mol. The molecule has 0 radical (unpaired) electrons. The van der Waals surface area contributed by atoms with Crippen LogP contribution >= 0.6 is 11.6 Å². The van der Waals surface area contributed by atoms with Crippen molar-refractivity contribution in [3.63, 3.8) is 0 Å². The second kappa shape index (κ2) is 9.58. The molecule has 2 saturated heterocycles. The molecule has 7 heteroatoms. The predicted octanol–water partition coefficient (Wildman–Crippen LogP) is 4.26. The van der Waals surface area contributed by atoms with Crippen LogP contribution in [0, 0.1) is 0 Å². The van der Waals surface area contributed by atoms with Crippen molar-refractivity contribution in [1.82, 2.24) is 4.90 Å². The maximum absolute atomic E-state index is 12.5. The molecule has 0 saturated carbocycles. The highest BCUT2D eigenvalue weighted by Crippen LogP contribution is 2.36. The minimum absolute atomic E-state index is 0.112. The third-order valence-corrected chi connectivity index (χ3v) is 5.68. The summed E-state index contributed by atoms with van der Waals surface area (Å²) in [5, 5.41) is 0.630. The third kappa shape index (κ3) is 4.99. The number of halogens is 1. The Bertz CT molecular complexity index is 884. The first-order valence-electron chi connectivity index (χ1n) is 10.2. The molecule has 2 heterocycles. The van der Waals surface area contributed by atoms with Crippen molar-refractivity contribution in [2.45, 2.75) is 31.5 Å². The van der Waals surface area contributed by atoms with Gasteiger partial charge < -0.3 is 23.8 Å². The zero-order chi connectivity index (χ0) is 20.9. The summed E-state index contributed by atoms with van der Waals surface area (Å²) < 4.78 is 22.7. The average Bonchev–Trinajstić information content (AvgIpc) is 3.38. The van der Waals surface area contributed by atoms with Crippen LogP contribution in [-0.2, 0) is 9.53 Å². The number of ether oxygens (including phenoxy) is 4. The van der Waals surface area contributed by atoms with Gasteiger partial charge in [0.1, 0.15) is 12.4 Å². The lowest BCUT2D eigenvalue weighted by Crippen LogP contribution is -2.29. The first-order valence-corrected chi connectivity index (χ1v) is 10.6. The highest BCUT2D eigenvalue weighted by Gasteiger charge is 2.31. The van der Waals surface area contributed by atoms with Gasteiger partial charge in [-0.3, -0.25) is 4.79 Å². The van der Waals surface area contributed by atoms with Crippen LogP contribution in [0.25, 0.3) is 0 Å². The van der Waals surface area contributed by atoms with Crippen LogP contribution in [-0.4, -0.2) is 50.5 Å². The summed E-state index contributed by atoms with van der Waals surface area (Å²) in [6.45, 7) is 2.34. The second-order valence-corrected chi connectivity index (χ2v) is 7.95. The van der Waals surface area contributed by atoms with E-state index in [1.54, 1.807) is 19.2 Å². The fraction of sp³-hybridized carbons (Fsp3) is 0.435. The molecule has 2 aromatic carbocycles. The molecule has 2 aromatic rings. The first-order chi connectivity index (χ1) is 14.6. The van der Waals surface area contributed by atoms with E-state index in [9.17, 15) is 4.79 Å². The van der Waals surface area contributed by atoms with E-state index in [0.717, 1.165) is 25.0 Å². The Kier molecular flexibility index (Phi) is 6.65. The number of nitrogens with zero attached hydrogens (tertiary/aromatic N) is 1. The van der Waals surface area contributed by atoms with E-state index in [1.165, 1.54) is 0 Å². The molecule has 0 spiro atoms. The summed E-state index contributed by atoms with van der Waals surface area (Å²) in [4.78, 5) is 14.4. The molecule has 2 aliphatic heterocycles. The monoisotopic (exact) mass is 431 g/mol. The second-order valence-electron chi connectivity index (χ2n) is 7.52. The molecule has 4 rings (SSSR count). The van der Waals surface area contributed by atoms with Gasteiger partial charge in [0, 0.05) is 30.3 Å². The van der Waals surface area contributed by atoms with Crippen molar-refractivity contribution >= 4 is 17.5 Å². The van der Waals surface area contributed by atoms with Gasteiger partial charge in [0.05, 0.1) is 20.3 Å². The van der Waals surface area contributed by atoms with Crippen LogP contribution in [0.15, 0.2) is 42.5 Å². The van der Waals surface area contributed by atoms with E-state index >= 15 is 0 Å². The Hall–Kier alpha value is -2.44. The van der Waals surface area contributed by atoms with E-state index in [2.05, 4.69) is 0 Å². The standard InChI is InChI=1S/C23H26ClNO5/c1-27-20-8-7-16(12-21(20)30-23-6-3-10-29-23)17-13-22(26)25(15-17)9-11-28-19-5-2-4-18(24)14-19/h2,4-5,7-8,12,14,17,23H,3,6,9-11,13,15H2,1H3. The van der Waals surface area contributed by atoms with Crippen molar-refractivity contribution in [3.05, 3.63) is 53.1 Å². The third-order valence-electron chi connectivity index (χ3n) is 5.45. The Morgan fingerprint density at radius 2 is 2.10 bits per heavy atom. The summed E-state index contributed by atoms with van der Waals surface area (Å²) in [6, 6.07) is 13.1. The quantitative estimate of drug-likeness (QED) is 0.625. The first kappa shape index (κ1) is 20.8. The number of benzene rings is 2. The zero-order valence-electron chi connectivity index (χ0n) is 17.0. The normalized spacial score (nSPS) is 21.1. The van der Waals surface area contributed by atoms with Gasteiger partial charge in [0.25, 0.3) is 0 Å². The molecular formula is C23H26ClNO5. The zero-order valence-corrected chi connectivity index (χ0v) is 17.8. The van der Waals surface area contributed by atoms with Gasteiger partial charge in [-0.1, -0.05) is 23.7 Å². The lowest BCUT2D eigenvalue weighted by atomic mass is 9.98. The van der Waals surface area contributed by atoms with Crippen LogP contribution < -0.4 is 14.2 Å². The van der Waals surface area contributed by atoms with Gasteiger partial charge in [-0.25, -0.2) is 0 Å². The van der Waals surface area contributed by atoms with Crippen LogP contribution in [0.4, 0.5) is 0 Å². The van der Waals surface area contributed by atoms with Crippen LogP contribution in [0.3, 0.4) is 0 Å². The molecular weight excluding hydrogens is 406 g/mol. The topological polar surface area (TPSA) is 57.2 Å². The van der Waals surface area contributed by atoms with Gasteiger partial charge in [-0.05, 0) is 42.3 Å². The van der Waals surface area contributed by atoms with Crippen molar-refractivity contribution in [3.8, 4) is 17.2 Å². The fourth-order valence-corrected chi connectivity index (χ4v) is 4.04. The van der Waals surface area contributed by atoms with Crippen molar-refractivity contribution in [1.29, 1.82) is 0 Å². The Morgan fingerprint density at radius 3 is 2.87 bits per heavy atom. The highest BCUT2D eigenvalue weighted by molar-refractivity contribution is 6.30. The molecule has 1 amide bonds. The van der Waals surface area contributed by atoms with E-state index in [-0.39, 0.29) is 18.1 Å². The number of hydrogen-bond acceptors (Lipinski definition) is 5.